The van der Waals surface area contributed by atoms with Gasteiger partial charge in [-0.1, -0.05) is 243 Å². The van der Waals surface area contributed by atoms with E-state index in [2.05, 4.69) is 13.8 Å². The van der Waals surface area contributed by atoms with E-state index in [-0.39, 0.29) is 0 Å². The van der Waals surface area contributed by atoms with E-state index in [1.807, 2.05) is 65.1 Å². The predicted molar refractivity (Wildman–Crippen MR) is 366 cm³/mol. The van der Waals surface area contributed by atoms with Crippen molar-refractivity contribution in [1.29, 1.82) is 0 Å². The molecule has 0 N–H and O–H groups in total. The Balaban J connectivity index is 0. The summed E-state index contributed by atoms with van der Waals surface area (Å²) in [6, 6.07) is 1.83. The molecule has 0 saturated heterocycles. The summed E-state index contributed by atoms with van der Waals surface area (Å²) in [6.07, 6.45) is 54.8. The lowest BCUT2D eigenvalue weighted by Gasteiger charge is -2.28. The van der Waals surface area contributed by atoms with Gasteiger partial charge >= 0.3 is 17.6 Å². The molecule has 80 heavy (non-hydrogen) atoms. The van der Waals surface area contributed by atoms with Crippen LogP contribution in [0.5, 0.6) is 0 Å². The maximum absolute atomic E-state index is 12.1. The van der Waals surface area contributed by atoms with Crippen molar-refractivity contribution in [2.75, 3.05) is 74.2 Å². The van der Waals surface area contributed by atoms with Gasteiger partial charge in [0.05, 0.1) is 0 Å². The van der Waals surface area contributed by atoms with Crippen molar-refractivity contribution >= 4 is 74.9 Å². The van der Waals surface area contributed by atoms with Crippen LogP contribution in [0.25, 0.3) is 0 Å². The fourth-order valence-electron chi connectivity index (χ4n) is 10.1. The minimum atomic E-state index is -2.47. The Morgan fingerprint density at radius 1 is 0.250 bits per heavy atom. The molecule has 0 aliphatic heterocycles. The van der Waals surface area contributed by atoms with E-state index < -0.39 is 17.6 Å². The summed E-state index contributed by atoms with van der Waals surface area (Å²) >= 11 is 7.23. The van der Waals surface area contributed by atoms with E-state index in [0.29, 0.717) is 49.9 Å². The zero-order chi connectivity index (χ0) is 58.8. The van der Waals surface area contributed by atoms with Crippen LogP contribution in [-0.4, -0.2) is 102 Å². The highest BCUT2D eigenvalue weighted by Gasteiger charge is 2.40. The third-order valence-corrected chi connectivity index (χ3v) is 25.2. The second kappa shape index (κ2) is 69.0. The van der Waals surface area contributed by atoms with E-state index in [9.17, 15) is 9.59 Å². The fourth-order valence-corrected chi connectivity index (χ4v) is 19.5. The zero-order valence-electron chi connectivity index (χ0n) is 54.5. The Labute approximate surface area is 518 Å². The van der Waals surface area contributed by atoms with Gasteiger partial charge in [0.2, 0.25) is 0 Å². The summed E-state index contributed by atoms with van der Waals surface area (Å²) in [7, 11) is -4.93. The largest absolute Gasteiger partial charge is 0.500 e. The summed E-state index contributed by atoms with van der Waals surface area (Å²) in [5.41, 5.74) is 0. The van der Waals surface area contributed by atoms with Crippen LogP contribution < -0.4 is 0 Å². The minimum Gasteiger partial charge on any atom is -0.374 e. The molecule has 480 valence electrons. The first-order chi connectivity index (χ1) is 39.3. The first kappa shape index (κ1) is 83.0. The van der Waals surface area contributed by atoms with Crippen LogP contribution >= 0.6 is 47.0 Å². The Morgan fingerprint density at radius 3 is 0.688 bits per heavy atom. The van der Waals surface area contributed by atoms with Crippen LogP contribution in [0, 0.1) is 0 Å². The first-order valence-corrected chi connectivity index (χ1v) is 42.7. The van der Waals surface area contributed by atoms with Gasteiger partial charge in [0.25, 0.3) is 0 Å². The third-order valence-electron chi connectivity index (χ3n) is 14.6. The van der Waals surface area contributed by atoms with E-state index in [1.165, 1.54) is 243 Å². The summed E-state index contributed by atoms with van der Waals surface area (Å²) in [4.78, 5) is 24.3. The van der Waals surface area contributed by atoms with Gasteiger partial charge in [0.1, 0.15) is 0 Å². The van der Waals surface area contributed by atoms with Gasteiger partial charge in [-0.3, -0.25) is 9.59 Å². The Morgan fingerprint density at radius 2 is 0.450 bits per heavy atom. The summed E-state index contributed by atoms with van der Waals surface area (Å²) < 4.78 is 35.6. The van der Waals surface area contributed by atoms with Crippen molar-refractivity contribution in [3.05, 3.63) is 0 Å². The fraction of sp³-hybridized carbons (Fsp3) is 0.970. The standard InChI is InChI=1S/2C33H68O4S2Si/c2*1-5-9-10-11-12-13-14-15-16-17-18-19-20-21-24-28-33(34)39-31-26-23-22-25-29-38-30-27-32-40(35-6-2,36-7-3)37-8-4/h2*5-32H2,1-4H3. The van der Waals surface area contributed by atoms with E-state index >= 15 is 0 Å². The number of unbranched alkanes of at least 4 members (excludes halogenated alkanes) is 34. The molecule has 0 saturated carbocycles. The van der Waals surface area contributed by atoms with Crippen LogP contribution in [0.15, 0.2) is 0 Å². The second-order valence-corrected chi connectivity index (χ2v) is 32.3. The summed E-state index contributed by atoms with van der Waals surface area (Å²) in [5.74, 6) is 6.74. The molecule has 0 spiro atoms. The molecule has 0 heterocycles. The van der Waals surface area contributed by atoms with Crippen molar-refractivity contribution in [3.63, 3.8) is 0 Å². The van der Waals surface area contributed by atoms with Gasteiger partial charge in [0.15, 0.2) is 10.2 Å². The lowest BCUT2D eigenvalue weighted by Crippen LogP contribution is -2.46. The molecule has 0 fully saturated rings. The van der Waals surface area contributed by atoms with Gasteiger partial charge in [-0.05, 0) is 116 Å². The van der Waals surface area contributed by atoms with Crippen molar-refractivity contribution < 1.29 is 36.1 Å². The van der Waals surface area contributed by atoms with Crippen LogP contribution in [0.4, 0.5) is 0 Å². The summed E-state index contributed by atoms with van der Waals surface area (Å²) in [6.45, 7) is 20.6. The molecule has 0 aliphatic rings. The zero-order valence-corrected chi connectivity index (χ0v) is 59.8. The lowest BCUT2D eigenvalue weighted by molar-refractivity contribution is -0.111. The molecule has 0 amide bonds. The van der Waals surface area contributed by atoms with E-state index in [4.69, 9.17) is 26.6 Å². The first-order valence-electron chi connectivity index (χ1n) is 34.6. The van der Waals surface area contributed by atoms with Crippen LogP contribution in [0.1, 0.15) is 325 Å². The predicted octanol–water partition coefficient (Wildman–Crippen LogP) is 22.5. The molecule has 0 radical (unpaired) electrons. The van der Waals surface area contributed by atoms with Gasteiger partial charge in [-0.25, -0.2) is 0 Å². The van der Waals surface area contributed by atoms with Gasteiger partial charge < -0.3 is 26.6 Å². The highest BCUT2D eigenvalue weighted by molar-refractivity contribution is 8.13. The van der Waals surface area contributed by atoms with E-state index in [1.54, 1.807) is 23.5 Å². The highest BCUT2D eigenvalue weighted by Crippen LogP contribution is 2.24. The molecule has 0 aromatic carbocycles. The normalized spacial score (nSPS) is 11.9. The molecular formula is C66H136O8S4Si2. The number of carbonyl (C=O) groups excluding carboxylic acids is 2. The number of thioether (sulfide) groups is 4. The highest BCUT2D eigenvalue weighted by atomic mass is 32.2. The molecule has 0 aromatic heterocycles. The van der Waals surface area contributed by atoms with Crippen LogP contribution in [0.2, 0.25) is 12.1 Å². The minimum absolute atomic E-state index is 0.413. The molecule has 14 heteroatoms. The third kappa shape index (κ3) is 60.6. The van der Waals surface area contributed by atoms with Crippen LogP contribution in [0.3, 0.4) is 0 Å². The molecule has 0 bridgehead atoms. The SMILES string of the molecule is CCCCCCCCCCCCCCCCCC(=O)SCCCCCCSCCC[Si](OCC)(OCC)OCC.CCCCCCCCCCCCCCCCCC(=O)SCCCCCCSCCC[Si](OCC)(OCC)OCC. The summed E-state index contributed by atoms with van der Waals surface area (Å²) in [5, 5.41) is 0.826. The second-order valence-electron chi connectivity index (χ2n) is 22.1. The van der Waals surface area contributed by atoms with Gasteiger partial charge in [0, 0.05) is 76.1 Å². The van der Waals surface area contributed by atoms with E-state index in [0.717, 1.165) is 73.6 Å². The Hall–Kier alpha value is 0.934. The van der Waals surface area contributed by atoms with Gasteiger partial charge in [-0.15, -0.1) is 0 Å². The number of carbonyl (C=O) groups is 2. The molecule has 0 aliphatic carbocycles. The smallest absolute Gasteiger partial charge is 0.374 e. The lowest BCUT2D eigenvalue weighted by atomic mass is 10.0. The molecular weight excluding hydrogens is 1110 g/mol. The monoisotopic (exact) mass is 1240 g/mol. The van der Waals surface area contributed by atoms with Crippen molar-refractivity contribution in [2.45, 2.75) is 337 Å². The molecule has 8 nitrogen and oxygen atoms in total. The van der Waals surface area contributed by atoms with Crippen molar-refractivity contribution in [1.82, 2.24) is 0 Å². The van der Waals surface area contributed by atoms with Crippen molar-refractivity contribution in [3.8, 4) is 0 Å². The Kier molecular flexibility index (Phi) is 71.6. The topological polar surface area (TPSA) is 89.5 Å². The van der Waals surface area contributed by atoms with Gasteiger partial charge in [-0.2, -0.15) is 23.5 Å². The quantitative estimate of drug-likeness (QED) is 0.0429. The maximum Gasteiger partial charge on any atom is 0.500 e. The number of hydrogen-bond acceptors (Lipinski definition) is 12. The molecule has 0 unspecified atom stereocenters. The molecule has 0 rings (SSSR count). The average molecular weight is 1240 g/mol. The Bertz CT molecular complexity index is 1110. The number of rotatable bonds is 66. The number of hydrogen-bond donors (Lipinski definition) is 0. The average Bonchev–Trinajstić information content (AvgIpc) is 3.44. The molecule has 0 aromatic rings. The molecule has 0 atom stereocenters. The van der Waals surface area contributed by atoms with Crippen molar-refractivity contribution in [2.24, 2.45) is 0 Å². The maximum atomic E-state index is 12.1. The van der Waals surface area contributed by atoms with Crippen LogP contribution in [-0.2, 0) is 36.1 Å².